The van der Waals surface area contributed by atoms with E-state index >= 15 is 0 Å². The van der Waals surface area contributed by atoms with Crippen LogP contribution >= 0.6 is 0 Å². The van der Waals surface area contributed by atoms with Crippen LogP contribution in [0.2, 0.25) is 0 Å². The number of aromatic nitrogens is 4. The maximum absolute atomic E-state index is 12.3. The Morgan fingerprint density at radius 3 is 2.76 bits per heavy atom. The number of aryl methyl sites for hydroxylation is 2. The molecule has 1 amide bonds. The molecule has 0 aliphatic carbocycles. The normalized spacial score (nSPS) is 12.3. The molecule has 2 heterocycles. The summed E-state index contributed by atoms with van der Waals surface area (Å²) >= 11 is 0. The van der Waals surface area contributed by atoms with Gasteiger partial charge >= 0.3 is 0 Å². The molecule has 0 saturated heterocycles. The molecule has 0 aliphatic rings. The molecule has 1 aromatic carbocycles. The van der Waals surface area contributed by atoms with Gasteiger partial charge in [0, 0.05) is 12.0 Å². The van der Waals surface area contributed by atoms with Crippen molar-refractivity contribution in [1.29, 1.82) is 0 Å². The van der Waals surface area contributed by atoms with Crippen LogP contribution in [0.25, 0.3) is 5.65 Å². The van der Waals surface area contributed by atoms with Crippen LogP contribution in [-0.2, 0) is 11.2 Å². The first-order chi connectivity index (χ1) is 12.1. The highest BCUT2D eigenvalue weighted by Gasteiger charge is 2.16. The number of amides is 1. The molecule has 0 bridgehead atoms. The molecule has 3 rings (SSSR count). The molecule has 0 spiro atoms. The lowest BCUT2D eigenvalue weighted by molar-refractivity contribution is -0.122. The van der Waals surface area contributed by atoms with Crippen LogP contribution in [-0.4, -0.2) is 37.4 Å². The van der Waals surface area contributed by atoms with E-state index in [0.717, 1.165) is 22.4 Å². The summed E-state index contributed by atoms with van der Waals surface area (Å²) in [5.41, 5.74) is 4.45. The molecule has 0 saturated carbocycles. The monoisotopic (exact) mass is 339 g/mol. The number of aliphatic hydroxyl groups excluding tert-OH is 1. The maximum Gasteiger partial charge on any atom is 0.220 e. The minimum Gasteiger partial charge on any atom is -0.394 e. The van der Waals surface area contributed by atoms with Gasteiger partial charge in [0.15, 0.2) is 5.65 Å². The van der Waals surface area contributed by atoms with Crippen LogP contribution in [0.15, 0.2) is 36.7 Å². The van der Waals surface area contributed by atoms with E-state index in [4.69, 9.17) is 0 Å². The first kappa shape index (κ1) is 17.0. The quantitative estimate of drug-likeness (QED) is 0.710. The van der Waals surface area contributed by atoms with E-state index in [0.29, 0.717) is 18.5 Å². The van der Waals surface area contributed by atoms with Crippen LogP contribution in [0.5, 0.6) is 0 Å². The van der Waals surface area contributed by atoms with Crippen molar-refractivity contribution in [2.45, 2.75) is 32.7 Å². The van der Waals surface area contributed by atoms with Crippen LogP contribution in [0, 0.1) is 13.8 Å². The number of benzene rings is 1. The van der Waals surface area contributed by atoms with Crippen molar-refractivity contribution in [2.24, 2.45) is 0 Å². The summed E-state index contributed by atoms with van der Waals surface area (Å²) in [4.78, 5) is 12.3. The second-order valence-electron chi connectivity index (χ2n) is 6.00. The van der Waals surface area contributed by atoms with Crippen molar-refractivity contribution in [3.05, 3.63) is 59.0 Å². The topological polar surface area (TPSA) is 92.4 Å². The molecule has 7 nitrogen and oxygen atoms in total. The van der Waals surface area contributed by atoms with Crippen molar-refractivity contribution in [3.8, 4) is 0 Å². The molecule has 3 aromatic rings. The number of fused-ring (bicyclic) bond motifs is 1. The number of aliphatic hydroxyl groups is 1. The van der Waals surface area contributed by atoms with E-state index in [1.54, 1.807) is 10.8 Å². The van der Waals surface area contributed by atoms with Gasteiger partial charge in [-0.15, -0.1) is 10.2 Å². The van der Waals surface area contributed by atoms with E-state index < -0.39 is 6.04 Å². The van der Waals surface area contributed by atoms with Crippen molar-refractivity contribution >= 4 is 11.6 Å². The van der Waals surface area contributed by atoms with Gasteiger partial charge in [-0.3, -0.25) is 4.79 Å². The fourth-order valence-corrected chi connectivity index (χ4v) is 2.97. The smallest absolute Gasteiger partial charge is 0.220 e. The van der Waals surface area contributed by atoms with Gasteiger partial charge in [-0.2, -0.15) is 5.10 Å². The Kier molecular flexibility index (Phi) is 5.04. The predicted molar refractivity (Wildman–Crippen MR) is 93.0 cm³/mol. The third-order valence-corrected chi connectivity index (χ3v) is 4.33. The van der Waals surface area contributed by atoms with Gasteiger partial charge in [0.2, 0.25) is 5.91 Å². The largest absolute Gasteiger partial charge is 0.394 e. The number of nitrogens with zero attached hydrogens (tertiary/aromatic N) is 4. The Hall–Kier alpha value is -2.80. The minimum atomic E-state index is -0.395. The highest BCUT2D eigenvalue weighted by molar-refractivity contribution is 5.77. The van der Waals surface area contributed by atoms with Gasteiger partial charge < -0.3 is 10.4 Å². The number of hydrogen-bond donors (Lipinski definition) is 2. The predicted octanol–water partition coefficient (Wildman–Crippen LogP) is 1.52. The molecular weight excluding hydrogens is 318 g/mol. The number of carbonyl (C=O) groups is 1. The second kappa shape index (κ2) is 7.40. The Morgan fingerprint density at radius 2 is 2.04 bits per heavy atom. The lowest BCUT2D eigenvalue weighted by atomic mass is 10.0. The van der Waals surface area contributed by atoms with Crippen molar-refractivity contribution in [1.82, 2.24) is 25.1 Å². The van der Waals surface area contributed by atoms with Crippen LogP contribution in [0.1, 0.15) is 34.8 Å². The summed E-state index contributed by atoms with van der Waals surface area (Å²) in [5.74, 6) is -0.108. The highest BCUT2D eigenvalue weighted by Crippen LogP contribution is 2.18. The molecule has 2 N–H and O–H groups in total. The molecule has 2 aromatic heterocycles. The van der Waals surface area contributed by atoms with Crippen LogP contribution in [0.4, 0.5) is 0 Å². The SMILES string of the molecule is Cc1nn2cnnc2c(C)c1CCC(=O)N[C@@H](CO)c1ccccc1. The fraction of sp³-hybridized carbons (Fsp3) is 0.333. The number of nitrogens with one attached hydrogen (secondary N) is 1. The summed E-state index contributed by atoms with van der Waals surface area (Å²) < 4.78 is 1.64. The summed E-state index contributed by atoms with van der Waals surface area (Å²) in [7, 11) is 0. The van der Waals surface area contributed by atoms with E-state index in [-0.39, 0.29) is 12.5 Å². The first-order valence-corrected chi connectivity index (χ1v) is 8.21. The molecule has 130 valence electrons. The van der Waals surface area contributed by atoms with Crippen molar-refractivity contribution < 1.29 is 9.90 Å². The standard InChI is InChI=1S/C18H21N5O2/c1-12-15(13(2)22-23-11-19-21-18(12)23)8-9-17(25)20-16(10-24)14-6-4-3-5-7-14/h3-7,11,16,24H,8-10H2,1-2H3,(H,20,25)/t16-/m0/s1. The molecular formula is C18H21N5O2. The lowest BCUT2D eigenvalue weighted by Crippen LogP contribution is -2.31. The summed E-state index contributed by atoms with van der Waals surface area (Å²) in [6.45, 7) is 3.74. The van der Waals surface area contributed by atoms with Crippen molar-refractivity contribution in [2.75, 3.05) is 6.61 Å². The van der Waals surface area contributed by atoms with Gasteiger partial charge in [-0.1, -0.05) is 30.3 Å². The summed E-state index contributed by atoms with van der Waals surface area (Å²) in [6.07, 6.45) is 2.45. The zero-order chi connectivity index (χ0) is 17.8. The molecule has 1 atom stereocenters. The minimum absolute atomic E-state index is 0.108. The first-order valence-electron chi connectivity index (χ1n) is 8.21. The number of rotatable bonds is 6. The summed E-state index contributed by atoms with van der Waals surface area (Å²) in [5, 5.41) is 24.8. The molecule has 25 heavy (non-hydrogen) atoms. The molecule has 0 unspecified atom stereocenters. The third kappa shape index (κ3) is 3.66. The Morgan fingerprint density at radius 1 is 1.28 bits per heavy atom. The zero-order valence-corrected chi connectivity index (χ0v) is 14.3. The molecule has 0 aliphatic heterocycles. The zero-order valence-electron chi connectivity index (χ0n) is 14.3. The van der Waals surface area contributed by atoms with E-state index in [1.807, 2.05) is 44.2 Å². The van der Waals surface area contributed by atoms with Gasteiger partial charge in [-0.05, 0) is 31.4 Å². The fourth-order valence-electron chi connectivity index (χ4n) is 2.97. The number of hydrogen-bond acceptors (Lipinski definition) is 5. The van der Waals surface area contributed by atoms with Gasteiger partial charge in [0.25, 0.3) is 0 Å². The van der Waals surface area contributed by atoms with Crippen molar-refractivity contribution in [3.63, 3.8) is 0 Å². The molecule has 7 heteroatoms. The van der Waals surface area contributed by atoms with Gasteiger partial charge in [0.05, 0.1) is 18.3 Å². The molecule has 0 radical (unpaired) electrons. The van der Waals surface area contributed by atoms with Crippen LogP contribution in [0.3, 0.4) is 0 Å². The van der Waals surface area contributed by atoms with Gasteiger partial charge in [0.1, 0.15) is 6.33 Å². The lowest BCUT2D eigenvalue weighted by Gasteiger charge is -2.17. The average molecular weight is 339 g/mol. The number of carbonyl (C=O) groups excluding carboxylic acids is 1. The third-order valence-electron chi connectivity index (χ3n) is 4.33. The Balaban J connectivity index is 1.68. The molecule has 0 fully saturated rings. The van der Waals surface area contributed by atoms with E-state index in [2.05, 4.69) is 20.6 Å². The Labute approximate surface area is 145 Å². The van der Waals surface area contributed by atoms with Gasteiger partial charge in [-0.25, -0.2) is 4.52 Å². The Bertz CT molecular complexity index is 876. The average Bonchev–Trinajstić information content (AvgIpc) is 3.08. The highest BCUT2D eigenvalue weighted by atomic mass is 16.3. The van der Waals surface area contributed by atoms with E-state index in [1.165, 1.54) is 0 Å². The van der Waals surface area contributed by atoms with Crippen LogP contribution < -0.4 is 5.32 Å². The maximum atomic E-state index is 12.3. The second-order valence-corrected chi connectivity index (χ2v) is 6.00. The van der Waals surface area contributed by atoms with E-state index in [9.17, 15) is 9.90 Å². The summed E-state index contributed by atoms with van der Waals surface area (Å²) in [6, 6.07) is 9.05.